The molecule has 0 fully saturated rings. The Morgan fingerprint density at radius 3 is 2.32 bits per heavy atom. The maximum Gasteiger partial charge on any atom is 0.416 e. The maximum atomic E-state index is 12.9. The molecule has 2 aromatic carbocycles. The van der Waals surface area contributed by atoms with Crippen molar-refractivity contribution < 1.29 is 13.2 Å². The molecule has 0 amide bonds. The fraction of sp³-hybridized carbons (Fsp3) is 0.143. The van der Waals surface area contributed by atoms with Crippen molar-refractivity contribution in [2.45, 2.75) is 12.2 Å². The Morgan fingerprint density at radius 1 is 1.00 bits per heavy atom. The van der Waals surface area contributed by atoms with Crippen molar-refractivity contribution in [2.75, 3.05) is 0 Å². The number of hydrogen-bond acceptors (Lipinski definition) is 1. The van der Waals surface area contributed by atoms with E-state index in [9.17, 15) is 13.2 Å². The van der Waals surface area contributed by atoms with Crippen LogP contribution >= 0.6 is 11.6 Å². The minimum Gasteiger partial charge on any atom is -0.320 e. The lowest BCUT2D eigenvalue weighted by molar-refractivity contribution is -0.138. The molecule has 2 N–H and O–H groups in total. The van der Waals surface area contributed by atoms with Crippen LogP contribution in [0.15, 0.2) is 48.5 Å². The van der Waals surface area contributed by atoms with Crippen molar-refractivity contribution in [3.63, 3.8) is 0 Å². The highest BCUT2D eigenvalue weighted by Gasteiger charge is 2.34. The van der Waals surface area contributed by atoms with Gasteiger partial charge in [0.2, 0.25) is 0 Å². The Balaban J connectivity index is 2.48. The molecule has 0 aromatic heterocycles. The molecule has 1 unspecified atom stereocenters. The highest BCUT2D eigenvalue weighted by atomic mass is 35.5. The SMILES string of the molecule is NC(c1cccc(Cl)c1)c1ccccc1C(F)(F)F. The van der Waals surface area contributed by atoms with Gasteiger partial charge in [-0.1, -0.05) is 41.9 Å². The molecule has 0 saturated carbocycles. The van der Waals surface area contributed by atoms with Gasteiger partial charge in [-0.2, -0.15) is 13.2 Å². The average molecular weight is 286 g/mol. The van der Waals surface area contributed by atoms with Crippen LogP contribution < -0.4 is 5.73 Å². The summed E-state index contributed by atoms with van der Waals surface area (Å²) in [7, 11) is 0. The molecule has 0 aliphatic rings. The smallest absolute Gasteiger partial charge is 0.320 e. The van der Waals surface area contributed by atoms with Crippen LogP contribution in [-0.4, -0.2) is 0 Å². The van der Waals surface area contributed by atoms with Gasteiger partial charge in [0, 0.05) is 5.02 Å². The van der Waals surface area contributed by atoms with Crippen molar-refractivity contribution in [3.05, 3.63) is 70.2 Å². The molecule has 0 bridgehead atoms. The lowest BCUT2D eigenvalue weighted by Crippen LogP contribution is -2.18. The normalized spacial score (nSPS) is 13.3. The zero-order valence-electron chi connectivity index (χ0n) is 9.79. The molecule has 5 heteroatoms. The van der Waals surface area contributed by atoms with E-state index in [2.05, 4.69) is 0 Å². The van der Waals surface area contributed by atoms with Crippen LogP contribution in [0.3, 0.4) is 0 Å². The predicted molar refractivity (Wildman–Crippen MR) is 68.9 cm³/mol. The number of halogens is 4. The molecule has 0 radical (unpaired) electrons. The van der Waals surface area contributed by atoms with Gasteiger partial charge >= 0.3 is 6.18 Å². The molecular weight excluding hydrogens is 275 g/mol. The van der Waals surface area contributed by atoms with E-state index in [1.54, 1.807) is 24.3 Å². The molecule has 0 heterocycles. The van der Waals surface area contributed by atoms with E-state index >= 15 is 0 Å². The Kier molecular flexibility index (Phi) is 3.83. The summed E-state index contributed by atoms with van der Waals surface area (Å²) in [5.41, 5.74) is 5.79. The van der Waals surface area contributed by atoms with Gasteiger partial charge in [0.25, 0.3) is 0 Å². The van der Waals surface area contributed by atoms with Gasteiger partial charge in [-0.25, -0.2) is 0 Å². The molecule has 1 nitrogen and oxygen atoms in total. The quantitative estimate of drug-likeness (QED) is 0.869. The molecule has 19 heavy (non-hydrogen) atoms. The third-order valence-corrected chi connectivity index (χ3v) is 3.04. The van der Waals surface area contributed by atoms with Crippen LogP contribution in [0.1, 0.15) is 22.7 Å². The first-order chi connectivity index (χ1) is 8.89. The van der Waals surface area contributed by atoms with E-state index < -0.39 is 17.8 Å². The number of hydrogen-bond donors (Lipinski definition) is 1. The van der Waals surface area contributed by atoms with Crippen LogP contribution in [0.4, 0.5) is 13.2 Å². The summed E-state index contributed by atoms with van der Waals surface area (Å²) in [4.78, 5) is 0. The Labute approximate surface area is 113 Å². The summed E-state index contributed by atoms with van der Waals surface area (Å²) in [5, 5.41) is 0.442. The fourth-order valence-corrected chi connectivity index (χ4v) is 2.10. The van der Waals surface area contributed by atoms with E-state index in [0.29, 0.717) is 10.6 Å². The van der Waals surface area contributed by atoms with Gasteiger partial charge in [0.1, 0.15) is 0 Å². The molecule has 2 rings (SSSR count). The van der Waals surface area contributed by atoms with Gasteiger partial charge in [0.15, 0.2) is 0 Å². The third kappa shape index (κ3) is 3.08. The van der Waals surface area contributed by atoms with Crippen molar-refractivity contribution in [2.24, 2.45) is 5.73 Å². The molecule has 1 atom stereocenters. The molecule has 100 valence electrons. The lowest BCUT2D eigenvalue weighted by Gasteiger charge is -2.18. The van der Waals surface area contributed by atoms with Gasteiger partial charge in [0.05, 0.1) is 11.6 Å². The second-order valence-electron chi connectivity index (χ2n) is 4.12. The highest BCUT2D eigenvalue weighted by molar-refractivity contribution is 6.30. The summed E-state index contributed by atoms with van der Waals surface area (Å²) in [6.45, 7) is 0. The molecule has 0 aliphatic heterocycles. The van der Waals surface area contributed by atoms with Crippen molar-refractivity contribution in [3.8, 4) is 0 Å². The molecule has 0 saturated heterocycles. The predicted octanol–water partition coefficient (Wildman–Crippen LogP) is 4.41. The highest BCUT2D eigenvalue weighted by Crippen LogP contribution is 2.35. The standard InChI is InChI=1S/C14H11ClF3N/c15-10-5-3-4-9(8-10)13(19)11-6-1-2-7-12(11)14(16,17)18/h1-8,13H,19H2. The summed E-state index contributed by atoms with van der Waals surface area (Å²) in [6, 6.07) is 11.0. The zero-order valence-corrected chi connectivity index (χ0v) is 10.5. The molecule has 0 spiro atoms. The second kappa shape index (κ2) is 5.23. The number of benzene rings is 2. The number of rotatable bonds is 2. The van der Waals surface area contributed by atoms with Crippen molar-refractivity contribution in [1.82, 2.24) is 0 Å². The minimum absolute atomic E-state index is 0.0391. The zero-order chi connectivity index (χ0) is 14.0. The van der Waals surface area contributed by atoms with Crippen LogP contribution in [0.2, 0.25) is 5.02 Å². The van der Waals surface area contributed by atoms with Gasteiger partial charge < -0.3 is 5.73 Å². The Morgan fingerprint density at radius 2 is 1.68 bits per heavy atom. The molecular formula is C14H11ClF3N. The lowest BCUT2D eigenvalue weighted by atomic mass is 9.95. The summed E-state index contributed by atoms with van der Waals surface area (Å²) in [6.07, 6.45) is -4.42. The molecule has 0 aliphatic carbocycles. The largest absolute Gasteiger partial charge is 0.416 e. The van der Waals surface area contributed by atoms with E-state index in [1.165, 1.54) is 18.2 Å². The average Bonchev–Trinajstić information content (AvgIpc) is 2.37. The fourth-order valence-electron chi connectivity index (χ4n) is 1.91. The van der Waals surface area contributed by atoms with Gasteiger partial charge in [-0.15, -0.1) is 0 Å². The Bertz CT molecular complexity index is 581. The number of alkyl halides is 3. The Hall–Kier alpha value is -1.52. The van der Waals surface area contributed by atoms with Crippen LogP contribution in [0, 0.1) is 0 Å². The second-order valence-corrected chi connectivity index (χ2v) is 4.55. The topological polar surface area (TPSA) is 26.0 Å². The van der Waals surface area contributed by atoms with Gasteiger partial charge in [-0.3, -0.25) is 0 Å². The summed E-state index contributed by atoms with van der Waals surface area (Å²) >= 11 is 5.83. The van der Waals surface area contributed by atoms with Crippen LogP contribution in [0.5, 0.6) is 0 Å². The van der Waals surface area contributed by atoms with Crippen molar-refractivity contribution in [1.29, 1.82) is 0 Å². The first kappa shape index (κ1) is 13.9. The monoisotopic (exact) mass is 285 g/mol. The third-order valence-electron chi connectivity index (χ3n) is 2.81. The van der Waals surface area contributed by atoms with E-state index in [4.69, 9.17) is 17.3 Å². The summed E-state index contributed by atoms with van der Waals surface area (Å²) < 4.78 is 38.8. The maximum absolute atomic E-state index is 12.9. The molecule has 2 aromatic rings. The number of nitrogens with two attached hydrogens (primary N) is 1. The van der Waals surface area contributed by atoms with E-state index in [1.807, 2.05) is 0 Å². The first-order valence-corrected chi connectivity index (χ1v) is 5.94. The van der Waals surface area contributed by atoms with Crippen LogP contribution in [-0.2, 0) is 6.18 Å². The van der Waals surface area contributed by atoms with Gasteiger partial charge in [-0.05, 0) is 29.3 Å². The van der Waals surface area contributed by atoms with Crippen molar-refractivity contribution >= 4 is 11.6 Å². The minimum atomic E-state index is -4.42. The van der Waals surface area contributed by atoms with Crippen LogP contribution in [0.25, 0.3) is 0 Å². The van der Waals surface area contributed by atoms with E-state index in [-0.39, 0.29) is 5.56 Å². The van der Waals surface area contributed by atoms with E-state index in [0.717, 1.165) is 6.07 Å². The summed E-state index contributed by atoms with van der Waals surface area (Å²) in [5.74, 6) is 0. The first-order valence-electron chi connectivity index (χ1n) is 5.57.